The molecular formula is C20H28FN5O2. The number of hydrogen-bond donors (Lipinski definition) is 1. The maximum absolute atomic E-state index is 12.9. The van der Waals surface area contributed by atoms with Crippen molar-refractivity contribution in [3.05, 3.63) is 48.1 Å². The number of aliphatic imine (C=N–C) groups is 1. The second kappa shape index (κ2) is 10.7. The molecule has 0 amide bonds. The van der Waals surface area contributed by atoms with Crippen molar-refractivity contribution in [2.24, 2.45) is 4.99 Å². The number of aromatic nitrogens is 1. The van der Waals surface area contributed by atoms with Gasteiger partial charge in [-0.05, 0) is 31.2 Å². The van der Waals surface area contributed by atoms with Crippen LogP contribution in [0, 0.1) is 5.82 Å². The number of nitrogens with zero attached hydrogens (tertiary/aromatic N) is 4. The van der Waals surface area contributed by atoms with Crippen LogP contribution in [-0.2, 0) is 6.54 Å². The fourth-order valence-corrected chi connectivity index (χ4v) is 3.06. The van der Waals surface area contributed by atoms with E-state index in [1.807, 2.05) is 6.07 Å². The molecule has 8 heteroatoms. The van der Waals surface area contributed by atoms with Gasteiger partial charge in [-0.2, -0.15) is 0 Å². The Bertz CT molecular complexity index is 713. The van der Waals surface area contributed by atoms with E-state index in [0.29, 0.717) is 18.9 Å². The fraction of sp³-hybridized carbons (Fsp3) is 0.500. The monoisotopic (exact) mass is 389 g/mol. The Labute approximate surface area is 165 Å². The van der Waals surface area contributed by atoms with Crippen LogP contribution in [0.4, 0.5) is 4.39 Å². The maximum atomic E-state index is 12.9. The molecule has 1 N–H and O–H groups in total. The molecule has 1 saturated heterocycles. The van der Waals surface area contributed by atoms with Crippen LogP contribution in [0.5, 0.6) is 5.75 Å². The summed E-state index contributed by atoms with van der Waals surface area (Å²) in [7, 11) is 0. The smallest absolute Gasteiger partial charge is 0.194 e. The number of hydrogen-bond acceptors (Lipinski definition) is 5. The van der Waals surface area contributed by atoms with Crippen LogP contribution in [0.25, 0.3) is 0 Å². The van der Waals surface area contributed by atoms with Crippen molar-refractivity contribution in [2.75, 3.05) is 45.9 Å². The lowest BCUT2D eigenvalue weighted by atomic mass is 10.3. The van der Waals surface area contributed by atoms with Crippen molar-refractivity contribution < 1.29 is 13.7 Å². The van der Waals surface area contributed by atoms with E-state index in [9.17, 15) is 4.39 Å². The standard InChI is InChI=1S/C20H28FN5O2/c1-2-22-20(23-9-3-14-27-19-6-4-17(21)5-7-19)26-12-10-25(11-13-26)16-18-8-15-28-24-18/h4-8,15H,2-3,9-14,16H2,1H3,(H,22,23). The lowest BCUT2D eigenvalue weighted by Crippen LogP contribution is -2.52. The molecule has 0 aliphatic carbocycles. The van der Waals surface area contributed by atoms with E-state index in [1.165, 1.54) is 12.1 Å². The zero-order valence-corrected chi connectivity index (χ0v) is 16.3. The van der Waals surface area contributed by atoms with Gasteiger partial charge < -0.3 is 19.5 Å². The number of guanidine groups is 1. The van der Waals surface area contributed by atoms with Crippen molar-refractivity contribution in [3.63, 3.8) is 0 Å². The molecule has 0 saturated carbocycles. The third-order valence-electron chi connectivity index (χ3n) is 4.53. The van der Waals surface area contributed by atoms with Gasteiger partial charge in [0.15, 0.2) is 5.96 Å². The molecule has 1 aromatic heterocycles. The minimum absolute atomic E-state index is 0.256. The predicted molar refractivity (Wildman–Crippen MR) is 106 cm³/mol. The molecule has 1 fully saturated rings. The van der Waals surface area contributed by atoms with Gasteiger partial charge in [0.1, 0.15) is 17.8 Å². The van der Waals surface area contributed by atoms with Crippen LogP contribution >= 0.6 is 0 Å². The number of rotatable bonds is 8. The molecule has 0 unspecified atom stereocenters. The van der Waals surface area contributed by atoms with Crippen LogP contribution in [0.3, 0.4) is 0 Å². The fourth-order valence-electron chi connectivity index (χ4n) is 3.06. The van der Waals surface area contributed by atoms with Gasteiger partial charge in [0, 0.05) is 58.3 Å². The van der Waals surface area contributed by atoms with Crippen molar-refractivity contribution in [1.82, 2.24) is 20.3 Å². The maximum Gasteiger partial charge on any atom is 0.194 e. The first-order valence-electron chi connectivity index (χ1n) is 9.78. The van der Waals surface area contributed by atoms with Gasteiger partial charge in [-0.15, -0.1) is 0 Å². The highest BCUT2D eigenvalue weighted by molar-refractivity contribution is 5.80. The normalized spacial score (nSPS) is 15.6. The number of nitrogens with one attached hydrogen (secondary N) is 1. The summed E-state index contributed by atoms with van der Waals surface area (Å²) in [5.41, 5.74) is 0.968. The molecule has 28 heavy (non-hydrogen) atoms. The summed E-state index contributed by atoms with van der Waals surface area (Å²) in [5, 5.41) is 7.36. The van der Waals surface area contributed by atoms with Crippen LogP contribution in [0.1, 0.15) is 19.0 Å². The highest BCUT2D eigenvalue weighted by atomic mass is 19.1. The largest absolute Gasteiger partial charge is 0.494 e. The molecule has 7 nitrogen and oxygen atoms in total. The highest BCUT2D eigenvalue weighted by Crippen LogP contribution is 2.11. The Morgan fingerprint density at radius 2 is 2.00 bits per heavy atom. The number of ether oxygens (including phenoxy) is 1. The lowest BCUT2D eigenvalue weighted by molar-refractivity contribution is 0.169. The summed E-state index contributed by atoms with van der Waals surface area (Å²) in [6, 6.07) is 7.99. The Kier molecular flexibility index (Phi) is 7.66. The van der Waals surface area contributed by atoms with E-state index < -0.39 is 0 Å². The zero-order chi connectivity index (χ0) is 19.6. The van der Waals surface area contributed by atoms with Crippen molar-refractivity contribution in [2.45, 2.75) is 19.9 Å². The summed E-state index contributed by atoms with van der Waals surface area (Å²) >= 11 is 0. The van der Waals surface area contributed by atoms with Crippen LogP contribution in [0.2, 0.25) is 0 Å². The Morgan fingerprint density at radius 1 is 1.21 bits per heavy atom. The topological polar surface area (TPSA) is 66.1 Å². The Morgan fingerprint density at radius 3 is 2.68 bits per heavy atom. The molecule has 2 aromatic rings. The second-order valence-electron chi connectivity index (χ2n) is 6.65. The Balaban J connectivity index is 1.40. The van der Waals surface area contributed by atoms with Crippen molar-refractivity contribution >= 4 is 5.96 Å². The molecule has 0 atom stereocenters. The zero-order valence-electron chi connectivity index (χ0n) is 16.3. The van der Waals surface area contributed by atoms with Gasteiger partial charge in [0.2, 0.25) is 0 Å². The van der Waals surface area contributed by atoms with E-state index in [4.69, 9.17) is 14.3 Å². The summed E-state index contributed by atoms with van der Waals surface area (Å²) in [6.07, 6.45) is 2.42. The minimum atomic E-state index is -0.256. The SMILES string of the molecule is CCNC(=NCCCOc1ccc(F)cc1)N1CCN(Cc2ccon2)CC1. The van der Waals surface area contributed by atoms with E-state index in [-0.39, 0.29) is 5.82 Å². The molecule has 0 bridgehead atoms. The molecule has 1 aliphatic heterocycles. The van der Waals surface area contributed by atoms with Crippen LogP contribution < -0.4 is 10.1 Å². The van der Waals surface area contributed by atoms with Gasteiger partial charge >= 0.3 is 0 Å². The van der Waals surface area contributed by atoms with Crippen LogP contribution in [0.15, 0.2) is 46.1 Å². The number of benzene rings is 1. The average molecular weight is 389 g/mol. The summed E-state index contributed by atoms with van der Waals surface area (Å²) in [4.78, 5) is 9.39. The van der Waals surface area contributed by atoms with Crippen molar-refractivity contribution in [1.29, 1.82) is 0 Å². The summed E-state index contributed by atoms with van der Waals surface area (Å²) in [5.74, 6) is 1.37. The molecule has 1 aromatic carbocycles. The quantitative estimate of drug-likeness (QED) is 0.425. The molecular weight excluding hydrogens is 361 g/mol. The van der Waals surface area contributed by atoms with E-state index in [2.05, 4.69) is 27.2 Å². The van der Waals surface area contributed by atoms with Gasteiger partial charge in [-0.25, -0.2) is 4.39 Å². The predicted octanol–water partition coefficient (Wildman–Crippen LogP) is 2.37. The number of piperazine rings is 1. The first-order valence-corrected chi connectivity index (χ1v) is 9.78. The van der Waals surface area contributed by atoms with Gasteiger partial charge in [0.05, 0.1) is 12.3 Å². The third-order valence-corrected chi connectivity index (χ3v) is 4.53. The molecule has 1 aliphatic rings. The van der Waals surface area contributed by atoms with E-state index in [1.54, 1.807) is 18.4 Å². The third kappa shape index (κ3) is 6.23. The first kappa shape index (κ1) is 20.1. The molecule has 2 heterocycles. The van der Waals surface area contributed by atoms with Gasteiger partial charge in [-0.1, -0.05) is 5.16 Å². The highest BCUT2D eigenvalue weighted by Gasteiger charge is 2.20. The Hall–Kier alpha value is -2.61. The first-order chi connectivity index (χ1) is 13.7. The van der Waals surface area contributed by atoms with E-state index in [0.717, 1.165) is 57.3 Å². The summed E-state index contributed by atoms with van der Waals surface area (Å²) < 4.78 is 23.4. The summed E-state index contributed by atoms with van der Waals surface area (Å²) in [6.45, 7) is 8.75. The molecule has 152 valence electrons. The van der Waals surface area contributed by atoms with E-state index >= 15 is 0 Å². The molecule has 0 radical (unpaired) electrons. The average Bonchev–Trinajstić information content (AvgIpc) is 3.22. The second-order valence-corrected chi connectivity index (χ2v) is 6.65. The van der Waals surface area contributed by atoms with Crippen LogP contribution in [-0.4, -0.2) is 66.8 Å². The lowest BCUT2D eigenvalue weighted by Gasteiger charge is -2.36. The minimum Gasteiger partial charge on any atom is -0.494 e. The van der Waals surface area contributed by atoms with Gasteiger partial charge in [-0.3, -0.25) is 9.89 Å². The molecule has 0 spiro atoms. The number of halogens is 1. The van der Waals surface area contributed by atoms with Crippen molar-refractivity contribution in [3.8, 4) is 5.75 Å². The van der Waals surface area contributed by atoms with Gasteiger partial charge in [0.25, 0.3) is 0 Å². The molecule has 3 rings (SSSR count).